The van der Waals surface area contributed by atoms with E-state index in [9.17, 15) is 4.79 Å². The minimum absolute atomic E-state index is 0.0400. The molecule has 1 aliphatic heterocycles. The van der Waals surface area contributed by atoms with E-state index < -0.39 is 0 Å². The van der Waals surface area contributed by atoms with Gasteiger partial charge in [-0.3, -0.25) is 14.4 Å². The van der Waals surface area contributed by atoms with Crippen LogP contribution in [0.25, 0.3) is 11.3 Å². The van der Waals surface area contributed by atoms with Gasteiger partial charge in [-0.1, -0.05) is 38.1 Å². The number of carbonyl (C=O) groups is 1. The quantitative estimate of drug-likeness (QED) is 0.338. The normalized spacial score (nSPS) is 15.9. The van der Waals surface area contributed by atoms with Gasteiger partial charge in [-0.05, 0) is 29.7 Å². The molecule has 12 heteroatoms. The molecule has 2 N–H and O–H groups in total. The lowest BCUT2D eigenvalue weighted by Gasteiger charge is -2.20. The molecule has 0 fully saturated rings. The van der Waals surface area contributed by atoms with Crippen molar-refractivity contribution in [2.24, 2.45) is 7.05 Å². The van der Waals surface area contributed by atoms with E-state index in [1.807, 2.05) is 46.1 Å². The summed E-state index contributed by atoms with van der Waals surface area (Å²) in [6, 6.07) is 7.92. The molecule has 0 unspecified atom stereocenters. The first-order valence-corrected chi connectivity index (χ1v) is 13.3. The van der Waals surface area contributed by atoms with Crippen LogP contribution in [0, 0.1) is 0 Å². The Morgan fingerprint density at radius 2 is 2.08 bits per heavy atom. The van der Waals surface area contributed by atoms with E-state index in [2.05, 4.69) is 47.9 Å². The van der Waals surface area contributed by atoms with Gasteiger partial charge in [0.2, 0.25) is 11.8 Å². The van der Waals surface area contributed by atoms with Gasteiger partial charge in [0.25, 0.3) is 11.7 Å². The first kappa shape index (κ1) is 27.4. The Kier molecular flexibility index (Phi) is 7.90. The topological polar surface area (TPSA) is 136 Å². The minimum atomic E-state index is -0.355. The fourth-order valence-corrected chi connectivity index (χ4v) is 4.63. The van der Waals surface area contributed by atoms with E-state index in [1.165, 1.54) is 0 Å². The van der Waals surface area contributed by atoms with Gasteiger partial charge >= 0.3 is 0 Å². The Bertz CT molecular complexity index is 1470. The third-order valence-corrected chi connectivity index (χ3v) is 6.75. The van der Waals surface area contributed by atoms with E-state index in [4.69, 9.17) is 14.2 Å². The average Bonchev–Trinajstić information content (AvgIpc) is 3.55. The number of carbonyl (C=O) groups excluding carboxylic acids is 1. The molecule has 5 rings (SSSR count). The van der Waals surface area contributed by atoms with Crippen molar-refractivity contribution in [2.45, 2.75) is 45.2 Å². The molecular formula is C28H35N9O3. The van der Waals surface area contributed by atoms with Crippen molar-refractivity contribution in [1.29, 1.82) is 0 Å². The van der Waals surface area contributed by atoms with Crippen LogP contribution in [0.3, 0.4) is 0 Å². The molecule has 210 valence electrons. The number of nitrogens with zero attached hydrogens (tertiary/aromatic N) is 7. The first-order valence-electron chi connectivity index (χ1n) is 13.3. The Morgan fingerprint density at radius 3 is 2.80 bits per heavy atom. The predicted molar refractivity (Wildman–Crippen MR) is 149 cm³/mol. The number of nitrogens with one attached hydrogen (secondary N) is 2. The molecule has 40 heavy (non-hydrogen) atoms. The van der Waals surface area contributed by atoms with E-state index in [0.717, 1.165) is 54.1 Å². The highest BCUT2D eigenvalue weighted by Crippen LogP contribution is 2.31. The van der Waals surface area contributed by atoms with Crippen molar-refractivity contribution in [3.63, 3.8) is 0 Å². The third-order valence-electron chi connectivity index (χ3n) is 6.75. The SMILES string of the molecule is COCCN1CC[C@H](NC(=O)c2noc(C(C)(C)C)n2)c2ccc(-c3ccnc(Nc4cnn(C)c4)n3)cc2C1. The van der Waals surface area contributed by atoms with Crippen LogP contribution in [0.4, 0.5) is 11.6 Å². The van der Waals surface area contributed by atoms with Crippen LogP contribution in [0.15, 0.2) is 47.4 Å². The number of hydrogen-bond donors (Lipinski definition) is 2. The Hall–Kier alpha value is -4.16. The second kappa shape index (κ2) is 11.5. The molecule has 4 aromatic rings. The number of hydrogen-bond acceptors (Lipinski definition) is 10. The van der Waals surface area contributed by atoms with Crippen molar-refractivity contribution < 1.29 is 14.1 Å². The number of aryl methyl sites for hydroxylation is 1. The summed E-state index contributed by atoms with van der Waals surface area (Å²) in [4.78, 5) is 28.9. The highest BCUT2D eigenvalue weighted by atomic mass is 16.5. The monoisotopic (exact) mass is 545 g/mol. The molecule has 0 radical (unpaired) electrons. The standard InChI is InChI=1S/C28H35N9O3/c1-28(2,3)26-34-24(35-40-26)25(38)32-23-9-11-37(12-13-39-5)16-19-14-18(6-7-21(19)23)22-8-10-29-27(33-22)31-20-15-30-36(4)17-20/h6-8,10,14-15,17,23H,9,11-13,16H2,1-5H3,(H,32,38)(H,29,31,33)/t23-/m0/s1. The van der Waals surface area contributed by atoms with Crippen molar-refractivity contribution in [2.75, 3.05) is 32.1 Å². The maximum atomic E-state index is 13.1. The zero-order valence-electron chi connectivity index (χ0n) is 23.5. The fourth-order valence-electron chi connectivity index (χ4n) is 4.63. The summed E-state index contributed by atoms with van der Waals surface area (Å²) in [5.74, 6) is 0.600. The maximum Gasteiger partial charge on any atom is 0.293 e. The van der Waals surface area contributed by atoms with Gasteiger partial charge in [0.1, 0.15) is 0 Å². The number of amides is 1. The van der Waals surface area contributed by atoms with E-state index in [0.29, 0.717) is 18.4 Å². The zero-order chi connectivity index (χ0) is 28.3. The largest absolute Gasteiger partial charge is 0.383 e. The van der Waals surface area contributed by atoms with Gasteiger partial charge in [-0.2, -0.15) is 10.1 Å². The zero-order valence-corrected chi connectivity index (χ0v) is 23.5. The fraction of sp³-hybridized carbons (Fsp3) is 0.429. The molecule has 0 bridgehead atoms. The molecule has 0 aliphatic carbocycles. The number of anilines is 2. The van der Waals surface area contributed by atoms with Crippen LogP contribution in [-0.4, -0.2) is 67.5 Å². The molecule has 1 atom stereocenters. The Labute approximate surface area is 233 Å². The molecule has 1 amide bonds. The van der Waals surface area contributed by atoms with Crippen molar-refractivity contribution in [3.05, 3.63) is 65.7 Å². The molecule has 0 spiro atoms. The number of fused-ring (bicyclic) bond motifs is 1. The number of benzene rings is 1. The summed E-state index contributed by atoms with van der Waals surface area (Å²) in [6.45, 7) is 8.82. The van der Waals surface area contributed by atoms with E-state index >= 15 is 0 Å². The summed E-state index contributed by atoms with van der Waals surface area (Å²) in [5.41, 5.74) is 4.39. The van der Waals surface area contributed by atoms with Crippen LogP contribution < -0.4 is 10.6 Å². The van der Waals surface area contributed by atoms with Gasteiger partial charge in [0, 0.05) is 57.2 Å². The van der Waals surface area contributed by atoms with Crippen molar-refractivity contribution >= 4 is 17.5 Å². The summed E-state index contributed by atoms with van der Waals surface area (Å²) in [6.07, 6.45) is 6.05. The third kappa shape index (κ3) is 6.35. The molecule has 3 aromatic heterocycles. The minimum Gasteiger partial charge on any atom is -0.383 e. The highest BCUT2D eigenvalue weighted by molar-refractivity contribution is 5.90. The number of rotatable bonds is 8. The van der Waals surface area contributed by atoms with Gasteiger partial charge in [0.05, 0.1) is 30.2 Å². The molecular weight excluding hydrogens is 510 g/mol. The van der Waals surface area contributed by atoms with Gasteiger partial charge in [-0.25, -0.2) is 9.97 Å². The van der Waals surface area contributed by atoms with E-state index in [1.54, 1.807) is 24.2 Å². The molecule has 0 saturated heterocycles. The number of aromatic nitrogens is 6. The lowest BCUT2D eigenvalue weighted by Crippen LogP contribution is -2.31. The van der Waals surface area contributed by atoms with Gasteiger partial charge in [-0.15, -0.1) is 0 Å². The number of methoxy groups -OCH3 is 1. The summed E-state index contributed by atoms with van der Waals surface area (Å²) in [7, 11) is 3.56. The van der Waals surface area contributed by atoms with Crippen LogP contribution in [0.5, 0.6) is 0 Å². The van der Waals surface area contributed by atoms with Crippen molar-refractivity contribution in [3.8, 4) is 11.3 Å². The molecule has 1 aliphatic rings. The average molecular weight is 546 g/mol. The summed E-state index contributed by atoms with van der Waals surface area (Å²) >= 11 is 0. The van der Waals surface area contributed by atoms with Crippen LogP contribution >= 0.6 is 0 Å². The van der Waals surface area contributed by atoms with Gasteiger partial charge in [0.15, 0.2) is 0 Å². The highest BCUT2D eigenvalue weighted by Gasteiger charge is 2.28. The van der Waals surface area contributed by atoms with Crippen molar-refractivity contribution in [1.82, 2.24) is 40.1 Å². The lowest BCUT2D eigenvalue weighted by molar-refractivity contribution is 0.0917. The van der Waals surface area contributed by atoms with Crippen LogP contribution in [0.2, 0.25) is 0 Å². The lowest BCUT2D eigenvalue weighted by atomic mass is 9.96. The van der Waals surface area contributed by atoms with E-state index in [-0.39, 0.29) is 23.2 Å². The second-order valence-corrected chi connectivity index (χ2v) is 11.0. The molecule has 1 aromatic carbocycles. The smallest absolute Gasteiger partial charge is 0.293 e. The molecule has 0 saturated carbocycles. The van der Waals surface area contributed by atoms with Crippen LogP contribution in [-0.2, 0) is 23.7 Å². The van der Waals surface area contributed by atoms with Crippen LogP contribution in [0.1, 0.15) is 60.9 Å². The number of ether oxygens (including phenoxy) is 1. The maximum absolute atomic E-state index is 13.1. The first-order chi connectivity index (χ1) is 19.2. The second-order valence-electron chi connectivity index (χ2n) is 11.0. The summed E-state index contributed by atoms with van der Waals surface area (Å²) < 4.78 is 12.4. The summed E-state index contributed by atoms with van der Waals surface area (Å²) in [5, 5.41) is 14.4. The Morgan fingerprint density at radius 1 is 1.23 bits per heavy atom. The van der Waals surface area contributed by atoms with Gasteiger partial charge < -0.3 is 19.9 Å². The Balaban J connectivity index is 1.41. The predicted octanol–water partition coefficient (Wildman–Crippen LogP) is 3.62. The molecule has 12 nitrogen and oxygen atoms in total. The molecule has 4 heterocycles.